The Balaban J connectivity index is 1.80. The van der Waals surface area contributed by atoms with Crippen molar-refractivity contribution in [1.82, 2.24) is 15.1 Å². The van der Waals surface area contributed by atoms with Crippen LogP contribution in [0.3, 0.4) is 0 Å². The molecule has 122 valence electrons. The van der Waals surface area contributed by atoms with Crippen LogP contribution < -0.4 is 10.6 Å². The summed E-state index contributed by atoms with van der Waals surface area (Å²) in [6.45, 7) is 1.68. The Morgan fingerprint density at radius 2 is 1.96 bits per heavy atom. The van der Waals surface area contributed by atoms with Gasteiger partial charge in [-0.1, -0.05) is 11.2 Å². The molecule has 2 heterocycles. The van der Waals surface area contributed by atoms with Gasteiger partial charge in [0, 0.05) is 12.3 Å². The summed E-state index contributed by atoms with van der Waals surface area (Å²) in [4.78, 5) is 19.9. The fourth-order valence-electron chi connectivity index (χ4n) is 1.88. The smallest absolute Gasteiger partial charge is 0.275 e. The molecule has 0 saturated carbocycles. The van der Waals surface area contributed by atoms with Gasteiger partial charge in [-0.25, -0.2) is 18.7 Å². The number of aryl methyl sites for hydroxylation is 1. The number of nitrogens with one attached hydrogen (secondary N) is 2. The number of anilines is 3. The second kappa shape index (κ2) is 6.41. The topological polar surface area (TPSA) is 92.9 Å². The van der Waals surface area contributed by atoms with Crippen molar-refractivity contribution >= 4 is 23.4 Å². The fraction of sp³-hybridized carbons (Fsp3) is 0.0667. The molecule has 1 aromatic carbocycles. The molecule has 1 amide bonds. The van der Waals surface area contributed by atoms with Gasteiger partial charge in [-0.3, -0.25) is 4.79 Å². The number of halogens is 2. The zero-order chi connectivity index (χ0) is 17.1. The maximum atomic E-state index is 13.6. The molecule has 0 aliphatic rings. The SMILES string of the molecule is Cc1cc(NC(=O)c2ccnc(Nc3c(F)cccc3F)n2)no1. The number of nitrogens with zero attached hydrogens (tertiary/aromatic N) is 3. The Kier molecular flexibility index (Phi) is 4.15. The summed E-state index contributed by atoms with van der Waals surface area (Å²) in [5.41, 5.74) is -0.410. The Morgan fingerprint density at radius 1 is 1.21 bits per heavy atom. The average molecular weight is 331 g/mol. The van der Waals surface area contributed by atoms with Crippen LogP contribution in [-0.4, -0.2) is 21.0 Å². The Hall–Kier alpha value is -3.36. The molecule has 0 saturated heterocycles. The highest BCUT2D eigenvalue weighted by molar-refractivity contribution is 6.02. The Labute approximate surface area is 134 Å². The summed E-state index contributed by atoms with van der Waals surface area (Å²) < 4.78 is 32.1. The molecule has 0 atom stereocenters. The number of aromatic nitrogens is 3. The summed E-state index contributed by atoms with van der Waals surface area (Å²) in [6.07, 6.45) is 1.29. The van der Waals surface area contributed by atoms with E-state index in [0.717, 1.165) is 12.1 Å². The molecular weight excluding hydrogens is 320 g/mol. The van der Waals surface area contributed by atoms with E-state index in [1.807, 2.05) is 0 Å². The van der Waals surface area contributed by atoms with Gasteiger partial charge in [0.25, 0.3) is 5.91 Å². The zero-order valence-electron chi connectivity index (χ0n) is 12.4. The van der Waals surface area contributed by atoms with E-state index in [1.54, 1.807) is 6.92 Å². The molecule has 2 aromatic heterocycles. The monoisotopic (exact) mass is 331 g/mol. The van der Waals surface area contributed by atoms with Crippen LogP contribution in [0.5, 0.6) is 0 Å². The maximum Gasteiger partial charge on any atom is 0.275 e. The first kappa shape index (κ1) is 15.5. The Bertz CT molecular complexity index is 877. The van der Waals surface area contributed by atoms with Crippen LogP contribution in [0.25, 0.3) is 0 Å². The number of amides is 1. The molecule has 0 bridgehead atoms. The Morgan fingerprint density at radius 3 is 2.62 bits per heavy atom. The van der Waals surface area contributed by atoms with Gasteiger partial charge in [0.05, 0.1) is 0 Å². The summed E-state index contributed by atoms with van der Waals surface area (Å²) >= 11 is 0. The fourth-order valence-corrected chi connectivity index (χ4v) is 1.88. The van der Waals surface area contributed by atoms with Crippen molar-refractivity contribution < 1.29 is 18.1 Å². The summed E-state index contributed by atoms with van der Waals surface area (Å²) in [6, 6.07) is 6.31. The van der Waals surface area contributed by atoms with Gasteiger partial charge >= 0.3 is 0 Å². The second-order valence-electron chi connectivity index (χ2n) is 4.76. The predicted octanol–water partition coefficient (Wildman–Crippen LogP) is 3.05. The lowest BCUT2D eigenvalue weighted by atomic mass is 10.3. The van der Waals surface area contributed by atoms with Crippen molar-refractivity contribution in [3.05, 3.63) is 59.6 Å². The predicted molar refractivity (Wildman–Crippen MR) is 80.9 cm³/mol. The molecular formula is C15H11F2N5O2. The molecule has 3 rings (SSSR count). The van der Waals surface area contributed by atoms with E-state index >= 15 is 0 Å². The number of hydrogen-bond acceptors (Lipinski definition) is 6. The molecule has 3 aromatic rings. The standard InChI is InChI=1S/C15H11F2N5O2/c1-8-7-12(22-24-8)20-14(23)11-5-6-18-15(19-11)21-13-9(16)3-2-4-10(13)17/h2-7H,1H3,(H,18,19,21)(H,20,22,23). The largest absolute Gasteiger partial charge is 0.360 e. The lowest BCUT2D eigenvalue weighted by Crippen LogP contribution is -2.15. The molecule has 7 nitrogen and oxygen atoms in total. The molecule has 0 aliphatic heterocycles. The van der Waals surface area contributed by atoms with Gasteiger partial charge < -0.3 is 15.2 Å². The van der Waals surface area contributed by atoms with Crippen molar-refractivity contribution in [3.8, 4) is 0 Å². The van der Waals surface area contributed by atoms with Crippen molar-refractivity contribution in [3.63, 3.8) is 0 Å². The molecule has 2 N–H and O–H groups in total. The molecule has 0 aliphatic carbocycles. The van der Waals surface area contributed by atoms with Crippen molar-refractivity contribution in [2.45, 2.75) is 6.92 Å². The minimum Gasteiger partial charge on any atom is -0.360 e. The second-order valence-corrected chi connectivity index (χ2v) is 4.76. The molecule has 0 unspecified atom stereocenters. The molecule has 24 heavy (non-hydrogen) atoms. The number of benzene rings is 1. The van der Waals surface area contributed by atoms with Crippen LogP contribution in [-0.2, 0) is 0 Å². The highest BCUT2D eigenvalue weighted by Gasteiger charge is 2.14. The van der Waals surface area contributed by atoms with Crippen LogP contribution >= 0.6 is 0 Å². The van der Waals surface area contributed by atoms with E-state index in [0.29, 0.717) is 5.76 Å². The third-order valence-electron chi connectivity index (χ3n) is 2.96. The number of carbonyl (C=O) groups is 1. The van der Waals surface area contributed by atoms with Gasteiger partial charge in [-0.15, -0.1) is 0 Å². The number of para-hydroxylation sites is 1. The third-order valence-corrected chi connectivity index (χ3v) is 2.96. The lowest BCUT2D eigenvalue weighted by molar-refractivity contribution is 0.102. The lowest BCUT2D eigenvalue weighted by Gasteiger charge is -2.08. The quantitative estimate of drug-likeness (QED) is 0.763. The first-order valence-corrected chi connectivity index (χ1v) is 6.81. The van der Waals surface area contributed by atoms with Crippen LogP contribution in [0.2, 0.25) is 0 Å². The summed E-state index contributed by atoms with van der Waals surface area (Å²) in [5.74, 6) is -1.53. The van der Waals surface area contributed by atoms with Crippen LogP contribution in [0.4, 0.5) is 26.2 Å². The van der Waals surface area contributed by atoms with E-state index in [4.69, 9.17) is 4.52 Å². The van der Waals surface area contributed by atoms with E-state index in [-0.39, 0.29) is 17.5 Å². The van der Waals surface area contributed by atoms with Crippen LogP contribution in [0, 0.1) is 18.6 Å². The van der Waals surface area contributed by atoms with E-state index in [9.17, 15) is 13.6 Å². The van der Waals surface area contributed by atoms with Crippen LogP contribution in [0.15, 0.2) is 41.1 Å². The van der Waals surface area contributed by atoms with E-state index < -0.39 is 23.2 Å². The van der Waals surface area contributed by atoms with E-state index in [2.05, 4.69) is 25.8 Å². The molecule has 0 radical (unpaired) electrons. The number of carbonyl (C=O) groups excluding carboxylic acids is 1. The van der Waals surface area contributed by atoms with Crippen LogP contribution in [0.1, 0.15) is 16.2 Å². The first-order valence-electron chi connectivity index (χ1n) is 6.81. The first-order chi connectivity index (χ1) is 11.5. The minimum atomic E-state index is -0.800. The normalized spacial score (nSPS) is 10.5. The molecule has 9 heteroatoms. The number of rotatable bonds is 4. The average Bonchev–Trinajstić information content (AvgIpc) is 2.96. The van der Waals surface area contributed by atoms with Crippen molar-refractivity contribution in [1.29, 1.82) is 0 Å². The molecule has 0 spiro atoms. The summed E-state index contributed by atoms with van der Waals surface area (Å²) in [5, 5.41) is 8.53. The highest BCUT2D eigenvalue weighted by Crippen LogP contribution is 2.21. The number of hydrogen-bond donors (Lipinski definition) is 2. The van der Waals surface area contributed by atoms with Gasteiger partial charge in [-0.05, 0) is 25.1 Å². The van der Waals surface area contributed by atoms with Crippen molar-refractivity contribution in [2.24, 2.45) is 0 Å². The van der Waals surface area contributed by atoms with Gasteiger partial charge in [-0.2, -0.15) is 0 Å². The summed E-state index contributed by atoms with van der Waals surface area (Å²) in [7, 11) is 0. The highest BCUT2D eigenvalue weighted by atomic mass is 19.1. The van der Waals surface area contributed by atoms with Gasteiger partial charge in [0.2, 0.25) is 5.95 Å². The minimum absolute atomic E-state index is 0.00935. The van der Waals surface area contributed by atoms with Crippen molar-refractivity contribution in [2.75, 3.05) is 10.6 Å². The van der Waals surface area contributed by atoms with Gasteiger partial charge in [0.15, 0.2) is 5.82 Å². The molecule has 0 fully saturated rings. The van der Waals surface area contributed by atoms with E-state index in [1.165, 1.54) is 24.4 Å². The van der Waals surface area contributed by atoms with Gasteiger partial charge in [0.1, 0.15) is 28.8 Å². The maximum absolute atomic E-state index is 13.6. The zero-order valence-corrected chi connectivity index (χ0v) is 12.4. The third kappa shape index (κ3) is 3.35.